The first-order valence-electron chi connectivity index (χ1n) is 13.2. The van der Waals surface area contributed by atoms with E-state index in [0.29, 0.717) is 22.2 Å². The highest BCUT2D eigenvalue weighted by atomic mass is 32.2. The van der Waals surface area contributed by atoms with Crippen LogP contribution in [0.25, 0.3) is 0 Å². The fourth-order valence-corrected chi connectivity index (χ4v) is 7.32. The second-order valence-electron chi connectivity index (χ2n) is 10.1. The Balaban J connectivity index is 1.25. The van der Waals surface area contributed by atoms with Crippen molar-refractivity contribution in [2.75, 3.05) is 31.6 Å². The first-order valence-corrected chi connectivity index (χ1v) is 14.1. The zero-order chi connectivity index (χ0) is 26.2. The number of aryl methyl sites for hydroxylation is 1. The summed E-state index contributed by atoms with van der Waals surface area (Å²) in [5.41, 5.74) is 2.53. The van der Waals surface area contributed by atoms with Gasteiger partial charge in [0.25, 0.3) is 5.91 Å². The number of rotatable bonds is 6. The quantitative estimate of drug-likeness (QED) is 0.449. The van der Waals surface area contributed by atoms with Gasteiger partial charge < -0.3 is 30.7 Å². The number of anilines is 1. The molecular weight excluding hydrogens is 502 g/mol. The van der Waals surface area contributed by atoms with E-state index in [1.807, 2.05) is 54.3 Å². The molecule has 3 saturated heterocycles. The molecule has 0 aliphatic carbocycles. The lowest BCUT2D eigenvalue weighted by molar-refractivity contribution is -0.117. The average molecular weight is 536 g/mol. The molecule has 2 aromatic rings. The number of hydrogen-bond donors (Lipinski definition) is 4. The van der Waals surface area contributed by atoms with E-state index in [0.717, 1.165) is 55.8 Å². The van der Waals surface area contributed by atoms with Crippen LogP contribution < -0.4 is 35.6 Å². The molecule has 4 N–H and O–H groups in total. The third kappa shape index (κ3) is 4.61. The summed E-state index contributed by atoms with van der Waals surface area (Å²) in [7, 11) is 1.62. The Morgan fingerprint density at radius 1 is 1.13 bits per heavy atom. The van der Waals surface area contributed by atoms with Crippen LogP contribution in [0, 0.1) is 12.8 Å². The molecule has 0 aromatic heterocycles. The van der Waals surface area contributed by atoms with Crippen molar-refractivity contribution < 1.29 is 19.1 Å². The van der Waals surface area contributed by atoms with E-state index in [1.54, 1.807) is 18.9 Å². The van der Waals surface area contributed by atoms with Gasteiger partial charge in [0, 0.05) is 29.9 Å². The lowest BCUT2D eigenvalue weighted by Crippen LogP contribution is -2.62. The Bertz CT molecular complexity index is 1280. The van der Waals surface area contributed by atoms with Crippen LogP contribution in [0.4, 0.5) is 10.5 Å². The first-order chi connectivity index (χ1) is 18.5. The number of benzene rings is 2. The molecule has 4 unspecified atom stereocenters. The molecular formula is C28H33N5O4S. The number of amides is 3. The van der Waals surface area contributed by atoms with Gasteiger partial charge in [0.15, 0.2) is 11.5 Å². The van der Waals surface area contributed by atoms with Gasteiger partial charge in [-0.05, 0) is 75.2 Å². The van der Waals surface area contributed by atoms with Crippen LogP contribution in [0.2, 0.25) is 0 Å². The van der Waals surface area contributed by atoms with Crippen molar-refractivity contribution in [3.8, 4) is 17.2 Å². The Morgan fingerprint density at radius 3 is 2.74 bits per heavy atom. The summed E-state index contributed by atoms with van der Waals surface area (Å²) in [6.45, 7) is 4.54. The van der Waals surface area contributed by atoms with Crippen LogP contribution in [-0.2, 0) is 4.79 Å². The summed E-state index contributed by atoms with van der Waals surface area (Å²) in [6.07, 6.45) is 2.82. The number of thioether (sulfide) groups is 1. The Morgan fingerprint density at radius 2 is 1.97 bits per heavy atom. The molecule has 0 radical (unpaired) electrons. The lowest BCUT2D eigenvalue weighted by atomic mass is 9.86. The van der Waals surface area contributed by atoms with Crippen molar-refractivity contribution in [2.24, 2.45) is 5.92 Å². The molecule has 0 spiro atoms. The van der Waals surface area contributed by atoms with Gasteiger partial charge in [-0.3, -0.25) is 9.69 Å². The second-order valence-corrected chi connectivity index (χ2v) is 11.3. The molecule has 0 saturated carbocycles. The zero-order valence-electron chi connectivity index (χ0n) is 21.6. The SMILES string of the molecule is COc1ccccc1Oc1ccc(N2C(=O)NC3=C(C(=O)NC4CCCNC4)SC4NCCC2C34)c(C)c1. The first kappa shape index (κ1) is 25.1. The Labute approximate surface area is 226 Å². The fourth-order valence-electron chi connectivity index (χ4n) is 5.92. The van der Waals surface area contributed by atoms with E-state index >= 15 is 0 Å². The van der Waals surface area contributed by atoms with Gasteiger partial charge in [-0.25, -0.2) is 4.79 Å². The molecule has 3 fully saturated rings. The fraction of sp³-hybridized carbons (Fsp3) is 0.429. The van der Waals surface area contributed by atoms with Crippen molar-refractivity contribution in [3.63, 3.8) is 0 Å². The summed E-state index contributed by atoms with van der Waals surface area (Å²) in [4.78, 5) is 29.3. The standard InChI is InChI=1S/C28H33N5O4S/c1-16-14-18(37-22-8-4-3-7-21(22)36-2)9-10-19(16)33-20-11-13-30-27-23(20)24(32-28(33)35)25(38-27)26(34)31-17-6-5-12-29-15-17/h3-4,7-10,14,17,20,23,27,29-30H,5-6,11-13,15H2,1-2H3,(H,31,34)(H,32,35). The number of urea groups is 1. The lowest BCUT2D eigenvalue weighted by Gasteiger charge is -2.46. The third-order valence-electron chi connectivity index (χ3n) is 7.70. The van der Waals surface area contributed by atoms with Crippen LogP contribution in [0.1, 0.15) is 24.8 Å². The van der Waals surface area contributed by atoms with Gasteiger partial charge >= 0.3 is 6.03 Å². The number of nitrogens with one attached hydrogen (secondary N) is 4. The number of hydrogen-bond acceptors (Lipinski definition) is 7. The molecule has 38 heavy (non-hydrogen) atoms. The maximum absolute atomic E-state index is 13.6. The number of carbonyl (C=O) groups is 2. The normalized spacial score (nSPS) is 26.5. The summed E-state index contributed by atoms with van der Waals surface area (Å²) < 4.78 is 11.5. The highest BCUT2D eigenvalue weighted by Crippen LogP contribution is 2.48. The molecule has 4 heterocycles. The third-order valence-corrected chi connectivity index (χ3v) is 9.06. The predicted octanol–water partition coefficient (Wildman–Crippen LogP) is 3.46. The predicted molar refractivity (Wildman–Crippen MR) is 148 cm³/mol. The van der Waals surface area contributed by atoms with E-state index < -0.39 is 0 Å². The Hall–Kier alpha value is -3.21. The van der Waals surface area contributed by atoms with E-state index in [1.165, 1.54) is 0 Å². The smallest absolute Gasteiger partial charge is 0.326 e. The minimum Gasteiger partial charge on any atom is -0.493 e. The van der Waals surface area contributed by atoms with E-state index in [-0.39, 0.29) is 35.3 Å². The van der Waals surface area contributed by atoms with Gasteiger partial charge in [-0.2, -0.15) is 0 Å². The molecule has 10 heteroatoms. The maximum Gasteiger partial charge on any atom is 0.326 e. The number of carbonyl (C=O) groups excluding carboxylic acids is 2. The topological polar surface area (TPSA) is 104 Å². The van der Waals surface area contributed by atoms with Crippen LogP contribution in [0.3, 0.4) is 0 Å². The summed E-state index contributed by atoms with van der Waals surface area (Å²) in [5, 5.41) is 13.2. The van der Waals surface area contributed by atoms with E-state index in [2.05, 4.69) is 21.3 Å². The van der Waals surface area contributed by atoms with Gasteiger partial charge in [0.05, 0.1) is 23.4 Å². The Kier molecular flexibility index (Phi) is 6.94. The van der Waals surface area contributed by atoms with Crippen molar-refractivity contribution in [1.29, 1.82) is 0 Å². The number of piperidine rings is 2. The highest BCUT2D eigenvalue weighted by molar-refractivity contribution is 8.04. The number of para-hydroxylation sites is 2. The molecule has 6 rings (SSSR count). The van der Waals surface area contributed by atoms with Crippen LogP contribution in [0.5, 0.6) is 17.2 Å². The second kappa shape index (κ2) is 10.5. The van der Waals surface area contributed by atoms with Crippen molar-refractivity contribution in [1.82, 2.24) is 21.3 Å². The van der Waals surface area contributed by atoms with Gasteiger partial charge in [-0.15, -0.1) is 0 Å². The van der Waals surface area contributed by atoms with E-state index in [4.69, 9.17) is 9.47 Å². The molecule has 9 nitrogen and oxygen atoms in total. The van der Waals surface area contributed by atoms with Crippen molar-refractivity contribution in [2.45, 2.75) is 43.6 Å². The van der Waals surface area contributed by atoms with Crippen molar-refractivity contribution in [3.05, 3.63) is 58.6 Å². The largest absolute Gasteiger partial charge is 0.493 e. The molecule has 2 aromatic carbocycles. The summed E-state index contributed by atoms with van der Waals surface area (Å²) >= 11 is 1.54. The number of methoxy groups -OCH3 is 1. The van der Waals surface area contributed by atoms with Gasteiger partial charge in [0.2, 0.25) is 0 Å². The van der Waals surface area contributed by atoms with Crippen molar-refractivity contribution >= 4 is 29.4 Å². The minimum atomic E-state index is -0.199. The zero-order valence-corrected chi connectivity index (χ0v) is 22.4. The molecule has 4 atom stereocenters. The molecule has 200 valence electrons. The maximum atomic E-state index is 13.6. The van der Waals surface area contributed by atoms with Crippen LogP contribution >= 0.6 is 11.8 Å². The number of nitrogens with zero attached hydrogens (tertiary/aromatic N) is 1. The van der Waals surface area contributed by atoms with Gasteiger partial charge in [0.1, 0.15) is 5.75 Å². The summed E-state index contributed by atoms with van der Waals surface area (Å²) in [5.74, 6) is 1.89. The molecule has 3 amide bonds. The monoisotopic (exact) mass is 535 g/mol. The van der Waals surface area contributed by atoms with Crippen LogP contribution in [0.15, 0.2) is 53.1 Å². The number of ether oxygens (including phenoxy) is 2. The van der Waals surface area contributed by atoms with E-state index in [9.17, 15) is 9.59 Å². The summed E-state index contributed by atoms with van der Waals surface area (Å²) in [6, 6.07) is 13.2. The molecule has 4 aliphatic rings. The highest BCUT2D eigenvalue weighted by Gasteiger charge is 2.52. The molecule has 4 aliphatic heterocycles. The van der Waals surface area contributed by atoms with Crippen LogP contribution in [-0.4, -0.2) is 56.1 Å². The van der Waals surface area contributed by atoms with Gasteiger partial charge in [-0.1, -0.05) is 23.9 Å². The molecule has 0 bridgehead atoms. The minimum absolute atomic E-state index is 0.0144. The average Bonchev–Trinajstić information content (AvgIpc) is 3.30.